The van der Waals surface area contributed by atoms with Gasteiger partial charge in [0.05, 0.1) is 13.0 Å². The van der Waals surface area contributed by atoms with Gasteiger partial charge in [0.15, 0.2) is 0 Å². The largest absolute Gasteiger partial charge is 0.493 e. The molecule has 130 valence electrons. The third kappa shape index (κ3) is 5.24. The maximum atomic E-state index is 12.2. The second kappa shape index (κ2) is 8.88. The molecule has 0 radical (unpaired) electrons. The highest BCUT2D eigenvalue weighted by Crippen LogP contribution is 2.10. The molecule has 8 heteroatoms. The fourth-order valence-corrected chi connectivity index (χ4v) is 2.44. The summed E-state index contributed by atoms with van der Waals surface area (Å²) in [6.07, 6.45) is 0.0216. The number of benzene rings is 1. The van der Waals surface area contributed by atoms with Gasteiger partial charge < -0.3 is 14.5 Å². The van der Waals surface area contributed by atoms with Crippen molar-refractivity contribution in [2.45, 2.75) is 12.8 Å². The Kier molecular flexibility index (Phi) is 6.56. The van der Waals surface area contributed by atoms with Gasteiger partial charge in [-0.1, -0.05) is 18.2 Å². The van der Waals surface area contributed by atoms with Crippen molar-refractivity contribution in [1.82, 2.24) is 15.2 Å². The van der Waals surface area contributed by atoms with Crippen LogP contribution in [0.4, 0.5) is 0 Å². The highest BCUT2D eigenvalue weighted by molar-refractivity contribution is 5.96. The fraction of sp³-hybridized carbons (Fsp3) is 0.438. The quantitative estimate of drug-likeness (QED) is 0.316. The van der Waals surface area contributed by atoms with E-state index in [0.717, 1.165) is 5.75 Å². The van der Waals surface area contributed by atoms with E-state index in [1.54, 1.807) is 9.80 Å². The molecule has 0 saturated carbocycles. The molecule has 0 spiro atoms. The lowest BCUT2D eigenvalue weighted by Crippen LogP contribution is -2.51. The van der Waals surface area contributed by atoms with E-state index in [-0.39, 0.29) is 18.2 Å². The number of rotatable bonds is 6. The van der Waals surface area contributed by atoms with Crippen molar-refractivity contribution in [3.05, 3.63) is 30.3 Å². The summed E-state index contributed by atoms with van der Waals surface area (Å²) >= 11 is 0. The Morgan fingerprint density at radius 1 is 1.00 bits per heavy atom. The Labute approximate surface area is 140 Å². The number of ether oxygens (including phenoxy) is 1. The van der Waals surface area contributed by atoms with E-state index >= 15 is 0 Å². The molecule has 1 aromatic rings. The Hall–Kier alpha value is -2.61. The molecule has 1 saturated heterocycles. The Balaban J connectivity index is 1.68. The molecular formula is C16H22N4O4. The van der Waals surface area contributed by atoms with Crippen molar-refractivity contribution in [2.75, 3.05) is 32.8 Å². The van der Waals surface area contributed by atoms with Crippen LogP contribution < -0.4 is 16.0 Å². The van der Waals surface area contributed by atoms with Crippen molar-refractivity contribution in [3.8, 4) is 5.75 Å². The van der Waals surface area contributed by atoms with E-state index in [1.165, 1.54) is 0 Å². The second-order valence-electron chi connectivity index (χ2n) is 5.42. The lowest BCUT2D eigenvalue weighted by atomic mass is 10.2. The van der Waals surface area contributed by atoms with Crippen LogP contribution >= 0.6 is 0 Å². The number of nitrogens with one attached hydrogen (secondary N) is 1. The normalized spacial score (nSPS) is 14.2. The van der Waals surface area contributed by atoms with Crippen LogP contribution in [-0.4, -0.2) is 60.3 Å². The van der Waals surface area contributed by atoms with Crippen molar-refractivity contribution < 1.29 is 19.1 Å². The number of piperazine rings is 1. The fourth-order valence-electron chi connectivity index (χ4n) is 2.44. The minimum Gasteiger partial charge on any atom is -0.493 e. The maximum absolute atomic E-state index is 12.2. The molecule has 3 N–H and O–H groups in total. The number of hydrazine groups is 1. The molecule has 1 fully saturated rings. The molecular weight excluding hydrogens is 312 g/mol. The van der Waals surface area contributed by atoms with Gasteiger partial charge in [0.1, 0.15) is 12.2 Å². The van der Waals surface area contributed by atoms with Crippen LogP contribution in [-0.2, 0) is 14.4 Å². The van der Waals surface area contributed by atoms with Crippen LogP contribution in [0.5, 0.6) is 5.75 Å². The lowest BCUT2D eigenvalue weighted by molar-refractivity contribution is -0.142. The van der Waals surface area contributed by atoms with Gasteiger partial charge in [-0.25, -0.2) is 5.84 Å². The Bertz CT molecular complexity index is 571. The molecule has 3 amide bonds. The first kappa shape index (κ1) is 17.7. The minimum absolute atomic E-state index is 0.00210. The first-order chi connectivity index (χ1) is 11.6. The summed E-state index contributed by atoms with van der Waals surface area (Å²) in [6.45, 7) is 2.07. The van der Waals surface area contributed by atoms with Gasteiger partial charge in [-0.2, -0.15) is 0 Å². The first-order valence-electron chi connectivity index (χ1n) is 7.83. The standard InChI is InChI=1S/C16H22N4O4/c17-18-14(21)12-16(23)20-9-7-19(8-10-20)15(22)6-11-24-13-4-2-1-3-5-13/h1-5H,6-12,17H2,(H,18,21). The predicted octanol–water partition coefficient (Wildman–Crippen LogP) is -0.494. The molecule has 1 heterocycles. The van der Waals surface area contributed by atoms with Crippen LogP contribution in [0.3, 0.4) is 0 Å². The summed E-state index contributed by atoms with van der Waals surface area (Å²) in [5.74, 6) is 4.90. The number of nitrogens with two attached hydrogens (primary N) is 1. The maximum Gasteiger partial charge on any atom is 0.243 e. The number of carbonyl (C=O) groups is 3. The smallest absolute Gasteiger partial charge is 0.243 e. The molecule has 0 unspecified atom stereocenters. The van der Waals surface area contributed by atoms with E-state index in [4.69, 9.17) is 10.6 Å². The van der Waals surface area contributed by atoms with E-state index in [0.29, 0.717) is 39.2 Å². The van der Waals surface area contributed by atoms with Gasteiger partial charge in [0.2, 0.25) is 17.7 Å². The first-order valence-corrected chi connectivity index (χ1v) is 7.83. The van der Waals surface area contributed by atoms with E-state index < -0.39 is 5.91 Å². The number of carbonyl (C=O) groups excluding carboxylic acids is 3. The topological polar surface area (TPSA) is 105 Å². The zero-order valence-corrected chi connectivity index (χ0v) is 13.4. The van der Waals surface area contributed by atoms with E-state index in [2.05, 4.69) is 0 Å². The molecule has 1 aliphatic rings. The third-order valence-corrected chi connectivity index (χ3v) is 3.79. The summed E-state index contributed by atoms with van der Waals surface area (Å²) in [5, 5.41) is 0. The van der Waals surface area contributed by atoms with Crippen molar-refractivity contribution >= 4 is 17.7 Å². The van der Waals surface area contributed by atoms with Gasteiger partial charge in [0, 0.05) is 26.2 Å². The zero-order valence-electron chi connectivity index (χ0n) is 13.4. The van der Waals surface area contributed by atoms with Gasteiger partial charge in [-0.05, 0) is 12.1 Å². The van der Waals surface area contributed by atoms with Gasteiger partial charge in [-0.3, -0.25) is 19.8 Å². The highest BCUT2D eigenvalue weighted by atomic mass is 16.5. The lowest BCUT2D eigenvalue weighted by Gasteiger charge is -2.34. The summed E-state index contributed by atoms with van der Waals surface area (Å²) in [7, 11) is 0. The number of hydrogen-bond acceptors (Lipinski definition) is 5. The van der Waals surface area contributed by atoms with Crippen molar-refractivity contribution in [2.24, 2.45) is 5.84 Å². The van der Waals surface area contributed by atoms with Crippen molar-refractivity contribution in [3.63, 3.8) is 0 Å². The molecule has 0 aromatic heterocycles. The van der Waals surface area contributed by atoms with Crippen LogP contribution in [0.15, 0.2) is 30.3 Å². The van der Waals surface area contributed by atoms with Gasteiger partial charge in [0.25, 0.3) is 0 Å². The molecule has 24 heavy (non-hydrogen) atoms. The van der Waals surface area contributed by atoms with Crippen molar-refractivity contribution in [1.29, 1.82) is 0 Å². The zero-order chi connectivity index (χ0) is 17.4. The molecule has 2 rings (SSSR count). The van der Waals surface area contributed by atoms with Crippen LogP contribution in [0.25, 0.3) is 0 Å². The summed E-state index contributed by atoms with van der Waals surface area (Å²) < 4.78 is 5.51. The average molecular weight is 334 g/mol. The molecule has 1 aliphatic heterocycles. The summed E-state index contributed by atoms with van der Waals surface area (Å²) in [6, 6.07) is 9.32. The predicted molar refractivity (Wildman–Crippen MR) is 86.7 cm³/mol. The number of nitrogens with zero attached hydrogens (tertiary/aromatic N) is 2. The number of hydrogen-bond donors (Lipinski definition) is 2. The molecule has 0 atom stereocenters. The molecule has 8 nitrogen and oxygen atoms in total. The molecule has 0 bridgehead atoms. The Morgan fingerprint density at radius 3 is 2.17 bits per heavy atom. The summed E-state index contributed by atoms with van der Waals surface area (Å²) in [4.78, 5) is 38.4. The average Bonchev–Trinajstić information content (AvgIpc) is 2.62. The van der Waals surface area contributed by atoms with Crippen LogP contribution in [0.1, 0.15) is 12.8 Å². The monoisotopic (exact) mass is 334 g/mol. The van der Waals surface area contributed by atoms with Crippen LogP contribution in [0, 0.1) is 0 Å². The number of amides is 3. The highest BCUT2D eigenvalue weighted by Gasteiger charge is 2.24. The number of para-hydroxylation sites is 1. The van der Waals surface area contributed by atoms with E-state index in [9.17, 15) is 14.4 Å². The van der Waals surface area contributed by atoms with Gasteiger partial charge >= 0.3 is 0 Å². The second-order valence-corrected chi connectivity index (χ2v) is 5.42. The Morgan fingerprint density at radius 2 is 1.58 bits per heavy atom. The third-order valence-electron chi connectivity index (χ3n) is 3.79. The summed E-state index contributed by atoms with van der Waals surface area (Å²) in [5.41, 5.74) is 1.93. The minimum atomic E-state index is -0.517. The van der Waals surface area contributed by atoms with Gasteiger partial charge in [-0.15, -0.1) is 0 Å². The van der Waals surface area contributed by atoms with Crippen LogP contribution in [0.2, 0.25) is 0 Å². The molecule has 1 aromatic carbocycles. The SMILES string of the molecule is NNC(=O)CC(=O)N1CCN(C(=O)CCOc2ccccc2)CC1. The van der Waals surface area contributed by atoms with E-state index in [1.807, 2.05) is 35.8 Å². The molecule has 0 aliphatic carbocycles.